The van der Waals surface area contributed by atoms with Crippen LogP contribution < -0.4 is 10.6 Å². The molecule has 2 heterocycles. The highest BCUT2D eigenvalue weighted by atomic mass is 32.1. The highest BCUT2D eigenvalue weighted by Crippen LogP contribution is 2.24. The molecule has 0 spiro atoms. The molecule has 2 aromatic rings. The normalized spacial score (nSPS) is 15.1. The average molecular weight is 471 g/mol. The Bertz CT molecular complexity index is 896. The van der Waals surface area contributed by atoms with Crippen molar-refractivity contribution in [3.8, 4) is 0 Å². The van der Waals surface area contributed by atoms with Crippen LogP contribution in [0.4, 0.5) is 0 Å². The van der Waals surface area contributed by atoms with E-state index in [4.69, 9.17) is 0 Å². The summed E-state index contributed by atoms with van der Waals surface area (Å²) in [6.45, 7) is 4.43. The molecular weight excluding hydrogens is 436 g/mol. The fourth-order valence-electron chi connectivity index (χ4n) is 4.09. The van der Waals surface area contributed by atoms with Gasteiger partial charge in [-0.1, -0.05) is 45.2 Å². The van der Waals surface area contributed by atoms with Crippen molar-refractivity contribution in [3.63, 3.8) is 0 Å². The Kier molecular flexibility index (Phi) is 9.42. The Morgan fingerprint density at radius 2 is 1.94 bits per heavy atom. The van der Waals surface area contributed by atoms with Gasteiger partial charge in [0.25, 0.3) is 5.91 Å². The minimum absolute atomic E-state index is 0.131. The molecule has 2 N–H and O–H groups in total. The molecule has 3 rings (SSSR count). The summed E-state index contributed by atoms with van der Waals surface area (Å²) < 4.78 is 0. The molecule has 0 unspecified atom stereocenters. The largest absolute Gasteiger partial charge is 0.351 e. The highest BCUT2D eigenvalue weighted by Gasteiger charge is 2.33. The molecule has 1 atom stereocenters. The summed E-state index contributed by atoms with van der Waals surface area (Å²) in [5.74, 6) is -0.395. The Balaban J connectivity index is 1.80. The van der Waals surface area contributed by atoms with Crippen molar-refractivity contribution in [1.82, 2.24) is 20.5 Å². The van der Waals surface area contributed by atoms with Crippen LogP contribution in [-0.4, -0.2) is 46.7 Å². The van der Waals surface area contributed by atoms with Crippen LogP contribution in [0.25, 0.3) is 0 Å². The minimum Gasteiger partial charge on any atom is -0.351 e. The van der Waals surface area contributed by atoms with Crippen molar-refractivity contribution in [2.24, 2.45) is 5.92 Å². The van der Waals surface area contributed by atoms with Crippen LogP contribution in [0.3, 0.4) is 0 Å². The highest BCUT2D eigenvalue weighted by molar-refractivity contribution is 7.12. The fourth-order valence-corrected chi connectivity index (χ4v) is 4.73. The molecular formula is C25H34N4O3S. The van der Waals surface area contributed by atoms with E-state index in [9.17, 15) is 14.4 Å². The van der Waals surface area contributed by atoms with Crippen molar-refractivity contribution in [3.05, 3.63) is 52.5 Å². The van der Waals surface area contributed by atoms with Gasteiger partial charge in [0, 0.05) is 30.5 Å². The van der Waals surface area contributed by atoms with E-state index < -0.39 is 6.04 Å². The Morgan fingerprint density at radius 1 is 1.15 bits per heavy atom. The zero-order chi connectivity index (χ0) is 23.6. The first kappa shape index (κ1) is 24.9. The number of nitrogens with one attached hydrogen (secondary N) is 2. The molecule has 3 amide bonds. The van der Waals surface area contributed by atoms with Crippen LogP contribution in [0.15, 0.2) is 42.0 Å². The summed E-state index contributed by atoms with van der Waals surface area (Å²) in [5, 5.41) is 7.71. The van der Waals surface area contributed by atoms with E-state index >= 15 is 0 Å². The Morgan fingerprint density at radius 3 is 2.58 bits per heavy atom. The number of thiophene rings is 1. The first-order valence-corrected chi connectivity index (χ1v) is 12.6. The lowest BCUT2D eigenvalue weighted by molar-refractivity contribution is -0.140. The molecule has 0 bridgehead atoms. The van der Waals surface area contributed by atoms with Gasteiger partial charge in [0.1, 0.15) is 6.04 Å². The molecule has 33 heavy (non-hydrogen) atoms. The van der Waals surface area contributed by atoms with Crippen LogP contribution >= 0.6 is 11.3 Å². The number of carbonyl (C=O) groups is 3. The molecule has 8 heteroatoms. The van der Waals surface area contributed by atoms with Crippen LogP contribution in [0, 0.1) is 5.92 Å². The van der Waals surface area contributed by atoms with Crippen molar-refractivity contribution in [2.75, 3.05) is 13.1 Å². The summed E-state index contributed by atoms with van der Waals surface area (Å²) in [6, 6.07) is 6.47. The predicted molar refractivity (Wildman–Crippen MR) is 130 cm³/mol. The van der Waals surface area contributed by atoms with Gasteiger partial charge in [-0.15, -0.1) is 11.3 Å². The number of amides is 3. The molecule has 2 aromatic heterocycles. The van der Waals surface area contributed by atoms with Gasteiger partial charge in [0.2, 0.25) is 11.8 Å². The summed E-state index contributed by atoms with van der Waals surface area (Å²) in [7, 11) is 0. The number of nitrogens with zero attached hydrogens (tertiary/aromatic N) is 2. The van der Waals surface area contributed by atoms with Crippen molar-refractivity contribution < 1.29 is 14.4 Å². The van der Waals surface area contributed by atoms with Crippen molar-refractivity contribution in [2.45, 2.75) is 64.5 Å². The Hall–Kier alpha value is -2.74. The van der Waals surface area contributed by atoms with Gasteiger partial charge in [-0.2, -0.15) is 0 Å². The lowest BCUT2D eigenvalue weighted by Gasteiger charge is -2.33. The van der Waals surface area contributed by atoms with Gasteiger partial charge < -0.3 is 15.5 Å². The molecule has 1 aliphatic rings. The number of hydrogen-bond donors (Lipinski definition) is 2. The van der Waals surface area contributed by atoms with E-state index in [2.05, 4.69) is 29.5 Å². The maximum absolute atomic E-state index is 13.5. The lowest BCUT2D eigenvalue weighted by atomic mass is 9.94. The van der Waals surface area contributed by atoms with Crippen LogP contribution in [-0.2, 0) is 9.59 Å². The van der Waals surface area contributed by atoms with Gasteiger partial charge in [0.05, 0.1) is 11.4 Å². The van der Waals surface area contributed by atoms with E-state index in [1.54, 1.807) is 35.5 Å². The third kappa shape index (κ3) is 7.39. The number of hydrogen-bond acceptors (Lipinski definition) is 5. The van der Waals surface area contributed by atoms with E-state index in [0.717, 1.165) is 32.1 Å². The minimum atomic E-state index is -0.787. The van der Waals surface area contributed by atoms with Gasteiger partial charge in [-0.05, 0) is 42.7 Å². The second-order valence-corrected chi connectivity index (χ2v) is 9.91. The molecule has 0 aliphatic heterocycles. The molecule has 1 fully saturated rings. The van der Waals surface area contributed by atoms with Gasteiger partial charge in [0.15, 0.2) is 0 Å². The maximum atomic E-state index is 13.5. The number of carbonyl (C=O) groups excluding carboxylic acids is 3. The van der Waals surface area contributed by atoms with Gasteiger partial charge in [-0.25, -0.2) is 0 Å². The third-order valence-corrected chi connectivity index (χ3v) is 6.79. The molecule has 1 saturated carbocycles. The smallest absolute Gasteiger partial charge is 0.261 e. The third-order valence-electron chi connectivity index (χ3n) is 5.92. The predicted octanol–water partition coefficient (Wildman–Crippen LogP) is 3.94. The van der Waals surface area contributed by atoms with Gasteiger partial charge in [-0.3, -0.25) is 19.4 Å². The molecule has 0 aromatic carbocycles. The van der Waals surface area contributed by atoms with Gasteiger partial charge >= 0.3 is 0 Å². The SMILES string of the molecule is CC(C)CCN(C(=O)CNC(=O)c1cccs1)[C@@H](C(=O)NC1CCCCC1)c1cccnc1. The number of rotatable bonds is 10. The topological polar surface area (TPSA) is 91.4 Å². The molecule has 0 saturated heterocycles. The molecule has 178 valence electrons. The quantitative estimate of drug-likeness (QED) is 0.550. The monoisotopic (exact) mass is 470 g/mol. The number of pyridine rings is 1. The van der Waals surface area contributed by atoms with Crippen molar-refractivity contribution >= 4 is 29.1 Å². The molecule has 1 aliphatic carbocycles. The van der Waals surface area contributed by atoms with Crippen LogP contribution in [0.2, 0.25) is 0 Å². The molecule has 0 radical (unpaired) electrons. The standard InChI is InChI=1S/C25H34N4O3S/c1-18(2)12-14-29(22(30)17-27-24(31)21-11-7-15-33-21)23(19-8-6-13-26-16-19)25(32)28-20-9-4-3-5-10-20/h6-8,11,13,15-16,18,20,23H,3-5,9-10,12,14,17H2,1-2H3,(H,27,31)(H,28,32)/t23-/m1/s1. The zero-order valence-corrected chi connectivity index (χ0v) is 20.3. The fraction of sp³-hybridized carbons (Fsp3) is 0.520. The first-order valence-electron chi connectivity index (χ1n) is 11.8. The van der Waals surface area contributed by atoms with Crippen molar-refractivity contribution in [1.29, 1.82) is 0 Å². The summed E-state index contributed by atoms with van der Waals surface area (Å²) >= 11 is 1.32. The molecule has 7 nitrogen and oxygen atoms in total. The van der Waals surface area contributed by atoms with E-state index in [1.807, 2.05) is 11.4 Å². The second kappa shape index (κ2) is 12.5. The second-order valence-electron chi connectivity index (χ2n) is 8.96. The number of aromatic nitrogens is 1. The summed E-state index contributed by atoms with van der Waals surface area (Å²) in [6.07, 6.45) is 9.37. The van der Waals surface area contributed by atoms with E-state index in [0.29, 0.717) is 22.9 Å². The summed E-state index contributed by atoms with van der Waals surface area (Å²) in [5.41, 5.74) is 0.674. The van der Waals surface area contributed by atoms with Crippen LogP contribution in [0.5, 0.6) is 0 Å². The van der Waals surface area contributed by atoms with E-state index in [-0.39, 0.29) is 30.3 Å². The zero-order valence-electron chi connectivity index (χ0n) is 19.5. The first-order chi connectivity index (χ1) is 16.0. The lowest BCUT2D eigenvalue weighted by Crippen LogP contribution is -2.49. The van der Waals surface area contributed by atoms with E-state index in [1.165, 1.54) is 17.8 Å². The Labute approximate surface area is 200 Å². The van der Waals surface area contributed by atoms with Crippen LogP contribution in [0.1, 0.15) is 73.6 Å². The average Bonchev–Trinajstić information content (AvgIpc) is 3.36. The summed E-state index contributed by atoms with van der Waals surface area (Å²) in [4.78, 5) is 45.6. The maximum Gasteiger partial charge on any atom is 0.261 e.